The number of carbonyl (C=O) groups excluding carboxylic acids is 1. The number of pyridine rings is 1. The highest BCUT2D eigenvalue weighted by Gasteiger charge is 2.19. The van der Waals surface area contributed by atoms with Crippen LogP contribution < -0.4 is 0 Å². The highest BCUT2D eigenvalue weighted by molar-refractivity contribution is 6.29. The van der Waals surface area contributed by atoms with Gasteiger partial charge < -0.3 is 4.90 Å². The number of amides is 1. The smallest absolute Gasteiger partial charge is 0.254 e. The normalized spacial score (nSPS) is 11.0. The van der Waals surface area contributed by atoms with Gasteiger partial charge in [0.2, 0.25) is 0 Å². The lowest BCUT2D eigenvalue weighted by molar-refractivity contribution is 0.0682. The van der Waals surface area contributed by atoms with E-state index < -0.39 is 0 Å². The van der Waals surface area contributed by atoms with Gasteiger partial charge in [-0.1, -0.05) is 25.4 Å². The fraction of sp³-hybridized carbons (Fsp3) is 0.538. The molecule has 4 heteroatoms. The monoisotopic (exact) mass is 254 g/mol. The summed E-state index contributed by atoms with van der Waals surface area (Å²) >= 11 is 5.80. The number of hydrogen-bond acceptors (Lipinski definition) is 2. The van der Waals surface area contributed by atoms with Crippen molar-refractivity contribution >= 4 is 17.5 Å². The van der Waals surface area contributed by atoms with E-state index in [-0.39, 0.29) is 11.9 Å². The van der Waals surface area contributed by atoms with Crippen LogP contribution in [0.2, 0.25) is 5.15 Å². The molecule has 0 aromatic carbocycles. The second-order valence-corrected chi connectivity index (χ2v) is 5.20. The van der Waals surface area contributed by atoms with Crippen molar-refractivity contribution in [1.29, 1.82) is 0 Å². The Kier molecular flexibility index (Phi) is 4.94. The Bertz CT molecular complexity index is 391. The minimum absolute atomic E-state index is 0.0120. The van der Waals surface area contributed by atoms with E-state index in [0.29, 0.717) is 16.6 Å². The molecule has 0 fully saturated rings. The molecule has 0 saturated heterocycles. The molecule has 0 radical (unpaired) electrons. The van der Waals surface area contributed by atoms with Gasteiger partial charge in [0.15, 0.2) is 0 Å². The number of nitrogens with zero attached hydrogens (tertiary/aromatic N) is 2. The standard InChI is InChI=1S/C13H19ClN2O/c1-9(2)8-16(10(3)4)13(17)11-5-6-15-12(14)7-11/h5-7,9-10H,8H2,1-4H3. The minimum atomic E-state index is 0.0120. The Morgan fingerprint density at radius 2 is 2.06 bits per heavy atom. The first-order chi connectivity index (χ1) is 7.91. The lowest BCUT2D eigenvalue weighted by Gasteiger charge is -2.28. The molecular formula is C13H19ClN2O. The Morgan fingerprint density at radius 3 is 2.53 bits per heavy atom. The van der Waals surface area contributed by atoms with Crippen molar-refractivity contribution in [1.82, 2.24) is 9.88 Å². The molecule has 1 rings (SSSR count). The third-order valence-electron chi connectivity index (χ3n) is 2.42. The predicted molar refractivity (Wildman–Crippen MR) is 70.3 cm³/mol. The van der Waals surface area contributed by atoms with Gasteiger partial charge in [-0.25, -0.2) is 4.98 Å². The number of rotatable bonds is 4. The summed E-state index contributed by atoms with van der Waals surface area (Å²) in [6, 6.07) is 3.49. The molecule has 0 aliphatic carbocycles. The van der Waals surface area contributed by atoms with Crippen molar-refractivity contribution in [3.63, 3.8) is 0 Å². The van der Waals surface area contributed by atoms with E-state index in [9.17, 15) is 4.79 Å². The van der Waals surface area contributed by atoms with Gasteiger partial charge in [-0.3, -0.25) is 4.79 Å². The van der Waals surface area contributed by atoms with Gasteiger partial charge in [-0.05, 0) is 31.9 Å². The van der Waals surface area contributed by atoms with Crippen molar-refractivity contribution in [2.75, 3.05) is 6.54 Å². The van der Waals surface area contributed by atoms with Gasteiger partial charge in [0.25, 0.3) is 5.91 Å². The molecule has 1 aromatic rings. The van der Waals surface area contributed by atoms with E-state index in [2.05, 4.69) is 18.8 Å². The van der Waals surface area contributed by atoms with Crippen molar-refractivity contribution < 1.29 is 4.79 Å². The molecule has 17 heavy (non-hydrogen) atoms. The van der Waals surface area contributed by atoms with Crippen LogP contribution in [-0.2, 0) is 0 Å². The largest absolute Gasteiger partial charge is 0.336 e. The van der Waals surface area contributed by atoms with Crippen LogP contribution in [0, 0.1) is 5.92 Å². The van der Waals surface area contributed by atoms with Crippen LogP contribution in [-0.4, -0.2) is 28.4 Å². The summed E-state index contributed by atoms with van der Waals surface area (Å²) in [5, 5.41) is 0.351. The van der Waals surface area contributed by atoms with Gasteiger partial charge in [-0.15, -0.1) is 0 Å². The lowest BCUT2D eigenvalue weighted by Crippen LogP contribution is -2.39. The second kappa shape index (κ2) is 6.01. The first-order valence-corrected chi connectivity index (χ1v) is 6.22. The number of hydrogen-bond donors (Lipinski definition) is 0. The van der Waals surface area contributed by atoms with Crippen molar-refractivity contribution in [3.8, 4) is 0 Å². The molecule has 94 valence electrons. The minimum Gasteiger partial charge on any atom is -0.336 e. The third-order valence-corrected chi connectivity index (χ3v) is 2.63. The van der Waals surface area contributed by atoms with E-state index in [0.717, 1.165) is 6.54 Å². The second-order valence-electron chi connectivity index (χ2n) is 4.81. The molecule has 1 amide bonds. The zero-order valence-corrected chi connectivity index (χ0v) is 11.5. The maximum Gasteiger partial charge on any atom is 0.254 e. The number of carbonyl (C=O) groups is 1. The number of aromatic nitrogens is 1. The Hall–Kier alpha value is -1.09. The molecular weight excluding hydrogens is 236 g/mol. The molecule has 1 heterocycles. The fourth-order valence-corrected chi connectivity index (χ4v) is 1.80. The predicted octanol–water partition coefficient (Wildman–Crippen LogP) is 3.24. The molecule has 0 bridgehead atoms. The summed E-state index contributed by atoms with van der Waals surface area (Å²) in [5.41, 5.74) is 0.597. The molecule has 0 unspecified atom stereocenters. The van der Waals surface area contributed by atoms with Gasteiger partial charge in [-0.2, -0.15) is 0 Å². The zero-order chi connectivity index (χ0) is 13.0. The van der Waals surface area contributed by atoms with E-state index in [4.69, 9.17) is 11.6 Å². The average Bonchev–Trinajstić information content (AvgIpc) is 2.24. The van der Waals surface area contributed by atoms with Gasteiger partial charge in [0, 0.05) is 24.3 Å². The van der Waals surface area contributed by atoms with Crippen molar-refractivity contribution in [3.05, 3.63) is 29.0 Å². The van der Waals surface area contributed by atoms with Crippen LogP contribution in [0.15, 0.2) is 18.3 Å². The Labute approximate surface area is 108 Å². The van der Waals surface area contributed by atoms with E-state index >= 15 is 0 Å². The molecule has 0 spiro atoms. The highest BCUT2D eigenvalue weighted by atomic mass is 35.5. The van der Waals surface area contributed by atoms with Gasteiger partial charge >= 0.3 is 0 Å². The summed E-state index contributed by atoms with van der Waals surface area (Å²) in [5.74, 6) is 0.455. The Morgan fingerprint density at radius 1 is 1.41 bits per heavy atom. The molecule has 0 atom stereocenters. The van der Waals surface area contributed by atoms with Crippen LogP contribution in [0.5, 0.6) is 0 Å². The first kappa shape index (κ1) is 14.0. The van der Waals surface area contributed by atoms with Crippen LogP contribution in [0.25, 0.3) is 0 Å². The van der Waals surface area contributed by atoms with Crippen LogP contribution in [0.3, 0.4) is 0 Å². The topological polar surface area (TPSA) is 33.2 Å². The molecule has 0 aliphatic heterocycles. The van der Waals surface area contributed by atoms with Crippen LogP contribution in [0.1, 0.15) is 38.1 Å². The quantitative estimate of drug-likeness (QED) is 0.773. The fourth-order valence-electron chi connectivity index (χ4n) is 1.62. The van der Waals surface area contributed by atoms with E-state index in [1.165, 1.54) is 0 Å². The van der Waals surface area contributed by atoms with Crippen LogP contribution in [0.4, 0.5) is 0 Å². The van der Waals surface area contributed by atoms with E-state index in [1.54, 1.807) is 18.3 Å². The SMILES string of the molecule is CC(C)CN(C(=O)c1ccnc(Cl)c1)C(C)C. The maximum atomic E-state index is 12.3. The summed E-state index contributed by atoms with van der Waals surface area (Å²) in [6.07, 6.45) is 1.56. The lowest BCUT2D eigenvalue weighted by atomic mass is 10.1. The summed E-state index contributed by atoms with van der Waals surface area (Å²) in [6.45, 7) is 8.98. The molecule has 0 saturated carbocycles. The number of halogens is 1. The molecule has 0 N–H and O–H groups in total. The molecule has 1 aromatic heterocycles. The zero-order valence-electron chi connectivity index (χ0n) is 10.8. The average molecular weight is 255 g/mol. The summed E-state index contributed by atoms with van der Waals surface area (Å²) in [4.78, 5) is 18.1. The highest BCUT2D eigenvalue weighted by Crippen LogP contribution is 2.13. The van der Waals surface area contributed by atoms with Gasteiger partial charge in [0.05, 0.1) is 0 Å². The summed E-state index contributed by atoms with van der Waals surface area (Å²) < 4.78 is 0. The van der Waals surface area contributed by atoms with Crippen LogP contribution >= 0.6 is 11.6 Å². The maximum absolute atomic E-state index is 12.3. The third kappa shape index (κ3) is 4.00. The van der Waals surface area contributed by atoms with Gasteiger partial charge in [0.1, 0.15) is 5.15 Å². The first-order valence-electron chi connectivity index (χ1n) is 5.84. The van der Waals surface area contributed by atoms with E-state index in [1.807, 2.05) is 18.7 Å². The molecule has 0 aliphatic rings. The molecule has 3 nitrogen and oxygen atoms in total. The summed E-state index contributed by atoms with van der Waals surface area (Å²) in [7, 11) is 0. The Balaban J connectivity index is 2.92. The van der Waals surface area contributed by atoms with Crippen molar-refractivity contribution in [2.24, 2.45) is 5.92 Å². The van der Waals surface area contributed by atoms with Crippen molar-refractivity contribution in [2.45, 2.75) is 33.7 Å².